The topological polar surface area (TPSA) is 111 Å². The lowest BCUT2D eigenvalue weighted by molar-refractivity contribution is -0.119. The number of hydrogen-bond donors (Lipinski definition) is 2. The zero-order chi connectivity index (χ0) is 17.9. The van der Waals surface area contributed by atoms with Gasteiger partial charge in [-0.1, -0.05) is 6.07 Å². The second-order valence-electron chi connectivity index (χ2n) is 5.92. The molecule has 1 aromatic carbocycles. The smallest absolute Gasteiger partial charge is 0.255 e. The Labute approximate surface area is 146 Å². The number of hydrogen-bond acceptors (Lipinski definition) is 5. The van der Waals surface area contributed by atoms with E-state index >= 15 is 0 Å². The zero-order valence-electron chi connectivity index (χ0n) is 13.5. The summed E-state index contributed by atoms with van der Waals surface area (Å²) in [5, 5.41) is 0. The molecule has 1 aliphatic carbocycles. The number of rotatable bonds is 8. The number of nitrogens with zero attached hydrogens (tertiary/aromatic N) is 1. The number of carbonyl (C=O) groups excluding carboxylic acids is 1. The Kier molecular flexibility index (Phi) is 5.00. The minimum atomic E-state index is -3.65. The van der Waals surface area contributed by atoms with E-state index in [4.69, 9.17) is 10.5 Å². The van der Waals surface area contributed by atoms with Gasteiger partial charge in [-0.25, -0.2) is 13.1 Å². The molecular weight excluding hydrogens is 342 g/mol. The fourth-order valence-electron chi connectivity index (χ4n) is 2.29. The van der Waals surface area contributed by atoms with Crippen molar-refractivity contribution in [2.75, 3.05) is 6.61 Å². The third-order valence-corrected chi connectivity index (χ3v) is 5.24. The summed E-state index contributed by atoms with van der Waals surface area (Å²) >= 11 is 0. The molecule has 8 heteroatoms. The number of nitrogens with one attached hydrogen (secondary N) is 1. The van der Waals surface area contributed by atoms with Crippen LogP contribution in [0.1, 0.15) is 30.0 Å². The van der Waals surface area contributed by atoms with Crippen molar-refractivity contribution in [3.63, 3.8) is 0 Å². The average Bonchev–Trinajstić information content (AvgIpc) is 3.44. The molecule has 1 aromatic heterocycles. The van der Waals surface area contributed by atoms with Crippen LogP contribution in [0.5, 0.6) is 5.75 Å². The molecule has 1 heterocycles. The highest BCUT2D eigenvalue weighted by Gasteiger charge is 2.24. The summed E-state index contributed by atoms with van der Waals surface area (Å²) in [6.07, 6.45) is 4.06. The third kappa shape index (κ3) is 4.77. The van der Waals surface area contributed by atoms with E-state index in [1.165, 1.54) is 37.1 Å². The van der Waals surface area contributed by atoms with Crippen molar-refractivity contribution < 1.29 is 17.9 Å². The van der Waals surface area contributed by atoms with Gasteiger partial charge in [-0.3, -0.25) is 9.78 Å². The summed E-state index contributed by atoms with van der Waals surface area (Å²) in [6.45, 7) is -0.0889. The molecule has 7 nitrogen and oxygen atoms in total. The lowest BCUT2D eigenvalue weighted by atomic mass is 10.2. The maximum Gasteiger partial charge on any atom is 0.255 e. The molecule has 132 valence electrons. The number of pyridine rings is 1. The van der Waals surface area contributed by atoms with Crippen LogP contribution in [0, 0.1) is 0 Å². The standard InChI is InChI=1S/C17H19N3O4S/c18-17(21)11-24-14-4-6-15(7-5-14)25(22,23)20-10-12-1-8-16(19-9-12)13-2-3-13/h1,4-9,13,20H,2-3,10-11H2,(H2,18,21). The van der Waals surface area contributed by atoms with E-state index in [1.807, 2.05) is 12.1 Å². The van der Waals surface area contributed by atoms with E-state index < -0.39 is 15.9 Å². The van der Waals surface area contributed by atoms with Gasteiger partial charge in [0.05, 0.1) is 4.90 Å². The van der Waals surface area contributed by atoms with Crippen LogP contribution in [0.3, 0.4) is 0 Å². The highest BCUT2D eigenvalue weighted by molar-refractivity contribution is 7.89. The van der Waals surface area contributed by atoms with Crippen molar-refractivity contribution in [2.45, 2.75) is 30.2 Å². The lowest BCUT2D eigenvalue weighted by Crippen LogP contribution is -2.23. The Hall–Kier alpha value is -2.45. The average molecular weight is 361 g/mol. The van der Waals surface area contributed by atoms with E-state index in [1.54, 1.807) is 6.20 Å². The van der Waals surface area contributed by atoms with Crippen molar-refractivity contribution in [3.8, 4) is 5.75 Å². The molecule has 0 saturated heterocycles. The number of nitrogens with two attached hydrogens (primary N) is 1. The van der Waals surface area contributed by atoms with Crippen LogP contribution in [-0.2, 0) is 21.4 Å². The first-order chi connectivity index (χ1) is 11.9. The molecule has 0 spiro atoms. The number of aromatic nitrogens is 1. The molecule has 0 atom stereocenters. The molecule has 0 aliphatic heterocycles. The quantitative estimate of drug-likeness (QED) is 0.736. The predicted octanol–water partition coefficient (Wildman–Crippen LogP) is 1.30. The van der Waals surface area contributed by atoms with Crippen LogP contribution in [0.15, 0.2) is 47.5 Å². The summed E-state index contributed by atoms with van der Waals surface area (Å²) in [4.78, 5) is 15.2. The second kappa shape index (κ2) is 7.20. The van der Waals surface area contributed by atoms with Crippen LogP contribution in [0.25, 0.3) is 0 Å². The molecule has 0 unspecified atom stereocenters. The lowest BCUT2D eigenvalue weighted by Gasteiger charge is -2.08. The first-order valence-electron chi connectivity index (χ1n) is 7.90. The van der Waals surface area contributed by atoms with Gasteiger partial charge in [-0.05, 0) is 48.7 Å². The van der Waals surface area contributed by atoms with Crippen LogP contribution < -0.4 is 15.2 Å². The molecule has 1 saturated carbocycles. The summed E-state index contributed by atoms with van der Waals surface area (Å²) in [6, 6.07) is 9.61. The summed E-state index contributed by atoms with van der Waals surface area (Å²) in [5.74, 6) is 0.346. The van der Waals surface area contributed by atoms with Gasteiger partial charge < -0.3 is 10.5 Å². The predicted molar refractivity (Wildman–Crippen MR) is 91.4 cm³/mol. The Morgan fingerprint density at radius 2 is 1.92 bits per heavy atom. The first kappa shape index (κ1) is 17.4. The molecule has 1 fully saturated rings. The zero-order valence-corrected chi connectivity index (χ0v) is 14.3. The van der Waals surface area contributed by atoms with Crippen molar-refractivity contribution in [3.05, 3.63) is 53.9 Å². The maximum atomic E-state index is 12.3. The van der Waals surface area contributed by atoms with E-state index in [-0.39, 0.29) is 18.0 Å². The molecule has 2 aromatic rings. The minimum Gasteiger partial charge on any atom is -0.484 e. The molecule has 1 amide bonds. The number of ether oxygens (including phenoxy) is 1. The van der Waals surface area contributed by atoms with E-state index in [9.17, 15) is 13.2 Å². The molecule has 1 aliphatic rings. The number of amides is 1. The third-order valence-electron chi connectivity index (χ3n) is 3.82. The van der Waals surface area contributed by atoms with Gasteiger partial charge in [0, 0.05) is 24.4 Å². The highest BCUT2D eigenvalue weighted by atomic mass is 32.2. The summed E-state index contributed by atoms with van der Waals surface area (Å²) in [7, 11) is -3.65. The van der Waals surface area contributed by atoms with Gasteiger partial charge in [0.15, 0.2) is 6.61 Å². The second-order valence-corrected chi connectivity index (χ2v) is 7.68. The van der Waals surface area contributed by atoms with Gasteiger partial charge in [0.1, 0.15) is 5.75 Å². The highest BCUT2D eigenvalue weighted by Crippen LogP contribution is 2.38. The Morgan fingerprint density at radius 3 is 2.48 bits per heavy atom. The Morgan fingerprint density at radius 1 is 1.20 bits per heavy atom. The molecule has 3 N–H and O–H groups in total. The molecule has 3 rings (SSSR count). The fraction of sp³-hybridized carbons (Fsp3) is 0.294. The van der Waals surface area contributed by atoms with Crippen molar-refractivity contribution in [1.29, 1.82) is 0 Å². The van der Waals surface area contributed by atoms with Gasteiger partial charge in [0.2, 0.25) is 10.0 Å². The van der Waals surface area contributed by atoms with E-state index in [0.717, 1.165) is 11.3 Å². The number of primary amides is 1. The van der Waals surface area contributed by atoms with Crippen molar-refractivity contribution in [1.82, 2.24) is 9.71 Å². The van der Waals surface area contributed by atoms with Crippen LogP contribution in [0.4, 0.5) is 0 Å². The molecule has 0 radical (unpaired) electrons. The van der Waals surface area contributed by atoms with Crippen LogP contribution >= 0.6 is 0 Å². The van der Waals surface area contributed by atoms with Crippen molar-refractivity contribution >= 4 is 15.9 Å². The Bertz CT molecular complexity index is 844. The number of carbonyl (C=O) groups is 1. The maximum absolute atomic E-state index is 12.3. The number of benzene rings is 1. The summed E-state index contributed by atoms with van der Waals surface area (Å²) in [5.41, 5.74) is 6.86. The van der Waals surface area contributed by atoms with Crippen LogP contribution in [0.2, 0.25) is 0 Å². The van der Waals surface area contributed by atoms with Crippen LogP contribution in [-0.4, -0.2) is 25.9 Å². The largest absolute Gasteiger partial charge is 0.484 e. The Balaban J connectivity index is 1.59. The van der Waals surface area contributed by atoms with Crippen molar-refractivity contribution in [2.24, 2.45) is 5.73 Å². The van der Waals surface area contributed by atoms with E-state index in [2.05, 4.69) is 9.71 Å². The summed E-state index contributed by atoms with van der Waals surface area (Å²) < 4.78 is 32.3. The molecule has 0 bridgehead atoms. The molecular formula is C17H19N3O4S. The normalized spacial score (nSPS) is 14.2. The fourth-order valence-corrected chi connectivity index (χ4v) is 3.31. The van der Waals surface area contributed by atoms with E-state index in [0.29, 0.717) is 11.7 Å². The SMILES string of the molecule is NC(=O)COc1ccc(S(=O)(=O)NCc2ccc(C3CC3)nc2)cc1. The van der Waals surface area contributed by atoms with Gasteiger partial charge in [-0.2, -0.15) is 0 Å². The number of sulfonamides is 1. The van der Waals surface area contributed by atoms with Gasteiger partial charge in [0.25, 0.3) is 5.91 Å². The monoisotopic (exact) mass is 361 g/mol. The first-order valence-corrected chi connectivity index (χ1v) is 9.38. The van der Waals surface area contributed by atoms with Gasteiger partial charge >= 0.3 is 0 Å². The van der Waals surface area contributed by atoms with Gasteiger partial charge in [-0.15, -0.1) is 0 Å². The minimum absolute atomic E-state index is 0.112. The molecule has 25 heavy (non-hydrogen) atoms.